The molecule has 0 unspecified atom stereocenters. The molecule has 0 N–H and O–H groups in total. The standard InChI is InChI=1S/C10H8FNO2S/c1-14-10(13)6-15-9-3-2-7(5-12)4-8(9)11/h2-4H,6H2,1H3. The summed E-state index contributed by atoms with van der Waals surface area (Å²) < 4.78 is 17.7. The van der Waals surface area contributed by atoms with Crippen molar-refractivity contribution in [1.29, 1.82) is 5.26 Å². The van der Waals surface area contributed by atoms with Crippen molar-refractivity contribution in [2.75, 3.05) is 12.9 Å². The SMILES string of the molecule is COC(=O)CSc1ccc(C#N)cc1F. The fourth-order valence-corrected chi connectivity index (χ4v) is 1.64. The van der Waals surface area contributed by atoms with Crippen molar-refractivity contribution in [3.05, 3.63) is 29.6 Å². The van der Waals surface area contributed by atoms with Crippen LogP contribution < -0.4 is 0 Å². The topological polar surface area (TPSA) is 50.1 Å². The Kier molecular flexibility index (Phi) is 4.13. The maximum atomic E-state index is 13.3. The van der Waals surface area contributed by atoms with Crippen LogP contribution in [0.4, 0.5) is 4.39 Å². The summed E-state index contributed by atoms with van der Waals surface area (Å²) in [7, 11) is 1.28. The van der Waals surface area contributed by atoms with Crippen molar-refractivity contribution in [3.8, 4) is 6.07 Å². The van der Waals surface area contributed by atoms with Gasteiger partial charge in [0.2, 0.25) is 0 Å². The summed E-state index contributed by atoms with van der Waals surface area (Å²) in [6.45, 7) is 0. The largest absolute Gasteiger partial charge is 0.468 e. The van der Waals surface area contributed by atoms with Crippen LogP contribution in [0, 0.1) is 17.1 Å². The van der Waals surface area contributed by atoms with Gasteiger partial charge >= 0.3 is 5.97 Å². The molecule has 0 fully saturated rings. The van der Waals surface area contributed by atoms with Crippen LogP contribution in [-0.4, -0.2) is 18.8 Å². The highest BCUT2D eigenvalue weighted by Crippen LogP contribution is 2.22. The number of hydrogen-bond acceptors (Lipinski definition) is 4. The van der Waals surface area contributed by atoms with E-state index in [1.54, 1.807) is 0 Å². The molecule has 0 bridgehead atoms. The van der Waals surface area contributed by atoms with Gasteiger partial charge in [0, 0.05) is 4.90 Å². The highest BCUT2D eigenvalue weighted by molar-refractivity contribution is 8.00. The van der Waals surface area contributed by atoms with Crippen LogP contribution in [-0.2, 0) is 9.53 Å². The number of hydrogen-bond donors (Lipinski definition) is 0. The summed E-state index contributed by atoms with van der Waals surface area (Å²) in [6.07, 6.45) is 0. The van der Waals surface area contributed by atoms with Gasteiger partial charge in [-0.3, -0.25) is 4.79 Å². The zero-order valence-corrected chi connectivity index (χ0v) is 8.81. The summed E-state index contributed by atoms with van der Waals surface area (Å²) >= 11 is 1.04. The summed E-state index contributed by atoms with van der Waals surface area (Å²) in [4.78, 5) is 11.1. The molecule has 1 aromatic rings. The number of nitriles is 1. The van der Waals surface area contributed by atoms with Crippen molar-refractivity contribution in [1.82, 2.24) is 0 Å². The molecular weight excluding hydrogens is 217 g/mol. The van der Waals surface area contributed by atoms with Crippen molar-refractivity contribution in [2.45, 2.75) is 4.90 Å². The van der Waals surface area contributed by atoms with Gasteiger partial charge in [0.15, 0.2) is 0 Å². The number of carbonyl (C=O) groups is 1. The number of halogens is 1. The van der Waals surface area contributed by atoms with E-state index in [4.69, 9.17) is 5.26 Å². The fraction of sp³-hybridized carbons (Fsp3) is 0.200. The van der Waals surface area contributed by atoms with Crippen LogP contribution in [0.3, 0.4) is 0 Å². The number of thioether (sulfide) groups is 1. The van der Waals surface area contributed by atoms with E-state index >= 15 is 0 Å². The van der Waals surface area contributed by atoms with Crippen LogP contribution >= 0.6 is 11.8 Å². The molecule has 1 aromatic carbocycles. The Balaban J connectivity index is 2.71. The Morgan fingerprint density at radius 1 is 1.67 bits per heavy atom. The lowest BCUT2D eigenvalue weighted by Crippen LogP contribution is -2.03. The van der Waals surface area contributed by atoms with Gasteiger partial charge in [-0.2, -0.15) is 5.26 Å². The highest BCUT2D eigenvalue weighted by atomic mass is 32.2. The van der Waals surface area contributed by atoms with Crippen molar-refractivity contribution in [2.24, 2.45) is 0 Å². The minimum Gasteiger partial charge on any atom is -0.468 e. The molecule has 0 amide bonds. The zero-order chi connectivity index (χ0) is 11.3. The Labute approximate surface area is 90.8 Å². The van der Waals surface area contributed by atoms with Crippen LogP contribution in [0.2, 0.25) is 0 Å². The van der Waals surface area contributed by atoms with E-state index in [-0.39, 0.29) is 11.3 Å². The van der Waals surface area contributed by atoms with Crippen molar-refractivity contribution in [3.63, 3.8) is 0 Å². The Bertz CT molecular complexity index is 414. The van der Waals surface area contributed by atoms with Crippen molar-refractivity contribution < 1.29 is 13.9 Å². The van der Waals surface area contributed by atoms with Crippen LogP contribution in [0.1, 0.15) is 5.56 Å². The first-order valence-corrected chi connectivity index (χ1v) is 5.05. The first-order valence-electron chi connectivity index (χ1n) is 4.06. The predicted molar refractivity (Wildman–Crippen MR) is 53.9 cm³/mol. The molecular formula is C10H8FNO2S. The lowest BCUT2D eigenvalue weighted by Gasteiger charge is -2.01. The molecule has 0 spiro atoms. The van der Waals surface area contributed by atoms with Gasteiger partial charge in [0.25, 0.3) is 0 Å². The summed E-state index contributed by atoms with van der Waals surface area (Å²) in [5.41, 5.74) is 0.259. The number of ether oxygens (including phenoxy) is 1. The van der Waals surface area contributed by atoms with E-state index in [0.717, 1.165) is 17.8 Å². The molecule has 0 aliphatic heterocycles. The quantitative estimate of drug-likeness (QED) is 0.583. The van der Waals surface area contributed by atoms with Gasteiger partial charge in [0.1, 0.15) is 5.82 Å². The molecule has 15 heavy (non-hydrogen) atoms. The Morgan fingerprint density at radius 2 is 2.40 bits per heavy atom. The maximum Gasteiger partial charge on any atom is 0.315 e. The number of esters is 1. The molecule has 5 heteroatoms. The maximum absolute atomic E-state index is 13.3. The van der Waals surface area contributed by atoms with E-state index < -0.39 is 11.8 Å². The molecule has 0 saturated heterocycles. The van der Waals surface area contributed by atoms with Crippen LogP contribution in [0.25, 0.3) is 0 Å². The second kappa shape index (κ2) is 5.37. The lowest BCUT2D eigenvalue weighted by molar-refractivity contribution is -0.137. The lowest BCUT2D eigenvalue weighted by atomic mass is 10.2. The molecule has 0 saturated carbocycles. The van der Waals surface area contributed by atoms with Gasteiger partial charge < -0.3 is 4.74 Å². The second-order valence-corrected chi connectivity index (χ2v) is 3.64. The fourth-order valence-electron chi connectivity index (χ4n) is 0.883. The molecule has 1 rings (SSSR count). The van der Waals surface area contributed by atoms with E-state index in [1.165, 1.54) is 19.2 Å². The van der Waals surface area contributed by atoms with E-state index in [9.17, 15) is 9.18 Å². The summed E-state index contributed by atoms with van der Waals surface area (Å²) in [6, 6.07) is 5.95. The number of carbonyl (C=O) groups excluding carboxylic acids is 1. The molecule has 0 radical (unpaired) electrons. The third kappa shape index (κ3) is 3.26. The highest BCUT2D eigenvalue weighted by Gasteiger charge is 2.07. The van der Waals surface area contributed by atoms with Gasteiger partial charge in [-0.1, -0.05) is 0 Å². The molecule has 0 aliphatic carbocycles. The third-order valence-corrected chi connectivity index (χ3v) is 2.66. The molecule has 0 aromatic heterocycles. The van der Waals surface area contributed by atoms with E-state index in [1.807, 2.05) is 6.07 Å². The van der Waals surface area contributed by atoms with Gasteiger partial charge in [-0.25, -0.2) is 4.39 Å². The average molecular weight is 225 g/mol. The van der Waals surface area contributed by atoms with Gasteiger partial charge in [-0.15, -0.1) is 11.8 Å². The Hall–Kier alpha value is -1.54. The monoisotopic (exact) mass is 225 g/mol. The van der Waals surface area contributed by atoms with Gasteiger partial charge in [0.05, 0.1) is 24.5 Å². The minimum absolute atomic E-state index is 0.0549. The summed E-state index contributed by atoms with van der Waals surface area (Å²) in [5, 5.41) is 8.51. The summed E-state index contributed by atoms with van der Waals surface area (Å²) in [5.74, 6) is -0.856. The average Bonchev–Trinajstić information content (AvgIpc) is 2.26. The number of rotatable bonds is 3. The molecule has 0 atom stereocenters. The first kappa shape index (κ1) is 11.5. The molecule has 0 heterocycles. The Morgan fingerprint density at radius 3 is 2.93 bits per heavy atom. The van der Waals surface area contributed by atoms with E-state index in [0.29, 0.717) is 4.90 Å². The smallest absolute Gasteiger partial charge is 0.315 e. The van der Waals surface area contributed by atoms with Crippen molar-refractivity contribution >= 4 is 17.7 Å². The first-order chi connectivity index (χ1) is 7.17. The molecule has 3 nitrogen and oxygen atoms in total. The molecule has 78 valence electrons. The second-order valence-electron chi connectivity index (χ2n) is 2.62. The van der Waals surface area contributed by atoms with Gasteiger partial charge in [-0.05, 0) is 18.2 Å². The number of benzene rings is 1. The molecule has 0 aliphatic rings. The van der Waals surface area contributed by atoms with Crippen LogP contribution in [0.15, 0.2) is 23.1 Å². The van der Waals surface area contributed by atoms with E-state index in [2.05, 4.69) is 4.74 Å². The number of nitrogens with zero attached hydrogens (tertiary/aromatic N) is 1. The third-order valence-electron chi connectivity index (χ3n) is 1.63. The van der Waals surface area contributed by atoms with Crippen LogP contribution in [0.5, 0.6) is 0 Å². The minimum atomic E-state index is -0.497. The number of methoxy groups -OCH3 is 1. The normalized spacial score (nSPS) is 9.40. The zero-order valence-electron chi connectivity index (χ0n) is 7.99. The predicted octanol–water partition coefficient (Wildman–Crippen LogP) is 1.96.